The molecule has 0 aliphatic heterocycles. The molecular formula is C17H16FN3O2. The van der Waals surface area contributed by atoms with Crippen LogP contribution in [0, 0.1) is 5.82 Å². The Morgan fingerprint density at radius 1 is 1.26 bits per heavy atom. The summed E-state index contributed by atoms with van der Waals surface area (Å²) in [7, 11) is 0. The van der Waals surface area contributed by atoms with Gasteiger partial charge in [0.05, 0.1) is 6.04 Å². The highest BCUT2D eigenvalue weighted by molar-refractivity contribution is 5.78. The summed E-state index contributed by atoms with van der Waals surface area (Å²) in [5.41, 5.74) is 1.55. The normalized spacial score (nSPS) is 12.1. The predicted molar refractivity (Wildman–Crippen MR) is 84.2 cm³/mol. The summed E-state index contributed by atoms with van der Waals surface area (Å²) in [4.78, 5) is 15.8. The number of nitrogens with zero attached hydrogens (tertiary/aromatic N) is 1. The van der Waals surface area contributed by atoms with E-state index in [0.717, 1.165) is 5.56 Å². The van der Waals surface area contributed by atoms with Gasteiger partial charge in [-0.2, -0.15) is 0 Å². The molecule has 0 spiro atoms. The number of halogens is 1. The quantitative estimate of drug-likeness (QED) is 0.774. The minimum absolute atomic E-state index is 0.305. The fraction of sp³-hybridized carbons (Fsp3) is 0.176. The third-order valence-electron chi connectivity index (χ3n) is 3.47. The topological polar surface area (TPSA) is 67.2 Å². The molecule has 118 valence electrons. The molecule has 0 bridgehead atoms. The molecule has 0 aliphatic rings. The molecule has 6 heteroatoms. The first-order valence-electron chi connectivity index (χ1n) is 7.24. The summed E-state index contributed by atoms with van der Waals surface area (Å²) in [6.07, 6.45) is 3.34. The number of urea groups is 1. The first-order chi connectivity index (χ1) is 11.1. The lowest BCUT2D eigenvalue weighted by Gasteiger charge is -2.12. The first kappa shape index (κ1) is 15.0. The van der Waals surface area contributed by atoms with Crippen molar-refractivity contribution in [1.29, 1.82) is 0 Å². The summed E-state index contributed by atoms with van der Waals surface area (Å²) in [6, 6.07) is 9.07. The van der Waals surface area contributed by atoms with Crippen LogP contribution in [0.15, 0.2) is 53.2 Å². The number of amides is 2. The zero-order chi connectivity index (χ0) is 16.2. The standard InChI is InChI=1S/C17H16FN3O2/c1-11(16-9-13-8-14(18)2-3-15(13)23-16)21-17(22)20-10-12-4-6-19-7-5-12/h2-9,11H,10H2,1H3,(H2,20,21,22)/t11-/m0/s1. The van der Waals surface area contributed by atoms with Crippen molar-refractivity contribution in [2.75, 3.05) is 0 Å². The molecule has 1 atom stereocenters. The van der Waals surface area contributed by atoms with Crippen LogP contribution < -0.4 is 10.6 Å². The monoisotopic (exact) mass is 313 g/mol. The lowest BCUT2D eigenvalue weighted by atomic mass is 10.2. The molecule has 2 aromatic heterocycles. The molecule has 2 heterocycles. The minimum atomic E-state index is -0.331. The number of hydrogen-bond donors (Lipinski definition) is 2. The fourth-order valence-electron chi connectivity index (χ4n) is 2.25. The molecule has 2 amide bonds. The largest absolute Gasteiger partial charge is 0.459 e. The molecule has 5 nitrogen and oxygen atoms in total. The van der Waals surface area contributed by atoms with Crippen molar-refractivity contribution in [3.63, 3.8) is 0 Å². The predicted octanol–water partition coefficient (Wildman–Crippen LogP) is 3.53. The van der Waals surface area contributed by atoms with Gasteiger partial charge in [0.2, 0.25) is 0 Å². The van der Waals surface area contributed by atoms with E-state index in [-0.39, 0.29) is 17.9 Å². The van der Waals surface area contributed by atoms with Crippen LogP contribution in [0.3, 0.4) is 0 Å². The van der Waals surface area contributed by atoms with Crippen molar-refractivity contribution >= 4 is 17.0 Å². The maximum atomic E-state index is 13.2. The van der Waals surface area contributed by atoms with E-state index in [1.165, 1.54) is 12.1 Å². The lowest BCUT2D eigenvalue weighted by Crippen LogP contribution is -2.36. The maximum absolute atomic E-state index is 13.2. The third kappa shape index (κ3) is 3.66. The van der Waals surface area contributed by atoms with Crippen LogP contribution >= 0.6 is 0 Å². The van der Waals surface area contributed by atoms with Gasteiger partial charge < -0.3 is 15.1 Å². The number of benzene rings is 1. The van der Waals surface area contributed by atoms with E-state index in [4.69, 9.17) is 4.42 Å². The van der Waals surface area contributed by atoms with Gasteiger partial charge in [0.1, 0.15) is 17.2 Å². The number of fused-ring (bicyclic) bond motifs is 1. The molecular weight excluding hydrogens is 297 g/mol. The van der Waals surface area contributed by atoms with Crippen molar-refractivity contribution in [2.45, 2.75) is 19.5 Å². The number of aromatic nitrogens is 1. The molecule has 0 saturated heterocycles. The molecule has 23 heavy (non-hydrogen) atoms. The van der Waals surface area contributed by atoms with Gasteiger partial charge in [0.15, 0.2) is 0 Å². The third-order valence-corrected chi connectivity index (χ3v) is 3.47. The minimum Gasteiger partial charge on any atom is -0.459 e. The SMILES string of the molecule is C[C@H](NC(=O)NCc1ccncc1)c1cc2cc(F)ccc2o1. The molecule has 3 rings (SSSR count). The number of rotatable bonds is 4. The Morgan fingerprint density at radius 2 is 2.04 bits per heavy atom. The van der Waals surface area contributed by atoms with Gasteiger partial charge in [-0.15, -0.1) is 0 Å². The van der Waals surface area contributed by atoms with Crippen LogP contribution in [0.1, 0.15) is 24.3 Å². The van der Waals surface area contributed by atoms with Crippen LogP contribution in [0.2, 0.25) is 0 Å². The first-order valence-corrected chi connectivity index (χ1v) is 7.24. The van der Waals surface area contributed by atoms with Crippen molar-refractivity contribution in [3.8, 4) is 0 Å². The number of carbonyl (C=O) groups is 1. The second-order valence-corrected chi connectivity index (χ2v) is 5.24. The molecule has 3 aromatic rings. The number of furan rings is 1. The van der Waals surface area contributed by atoms with Crippen molar-refractivity contribution in [2.24, 2.45) is 0 Å². The molecule has 0 unspecified atom stereocenters. The van der Waals surface area contributed by atoms with Gasteiger partial charge in [0.25, 0.3) is 0 Å². The van der Waals surface area contributed by atoms with Crippen molar-refractivity contribution < 1.29 is 13.6 Å². The van der Waals surface area contributed by atoms with E-state index in [1.807, 2.05) is 12.1 Å². The second kappa shape index (κ2) is 6.48. The van der Waals surface area contributed by atoms with E-state index in [9.17, 15) is 9.18 Å². The number of hydrogen-bond acceptors (Lipinski definition) is 3. The van der Waals surface area contributed by atoms with E-state index in [0.29, 0.717) is 23.3 Å². The molecule has 0 aliphatic carbocycles. The highest BCUT2D eigenvalue weighted by Gasteiger charge is 2.14. The number of pyridine rings is 1. The molecule has 1 aromatic carbocycles. The molecule has 0 saturated carbocycles. The van der Waals surface area contributed by atoms with E-state index >= 15 is 0 Å². The van der Waals surface area contributed by atoms with Gasteiger partial charge >= 0.3 is 6.03 Å². The Labute approximate surface area is 132 Å². The van der Waals surface area contributed by atoms with E-state index in [2.05, 4.69) is 15.6 Å². The van der Waals surface area contributed by atoms with Crippen molar-refractivity contribution in [1.82, 2.24) is 15.6 Å². The highest BCUT2D eigenvalue weighted by Crippen LogP contribution is 2.24. The summed E-state index contributed by atoms with van der Waals surface area (Å²) in [5.74, 6) is 0.255. The Bertz CT molecular complexity index is 817. The zero-order valence-electron chi connectivity index (χ0n) is 12.5. The highest BCUT2D eigenvalue weighted by atomic mass is 19.1. The Morgan fingerprint density at radius 3 is 2.83 bits per heavy atom. The lowest BCUT2D eigenvalue weighted by molar-refractivity contribution is 0.236. The molecule has 0 fully saturated rings. The average molecular weight is 313 g/mol. The average Bonchev–Trinajstić information content (AvgIpc) is 2.97. The van der Waals surface area contributed by atoms with Gasteiger partial charge in [-0.3, -0.25) is 4.98 Å². The van der Waals surface area contributed by atoms with Crippen molar-refractivity contribution in [3.05, 3.63) is 65.9 Å². The van der Waals surface area contributed by atoms with Gasteiger partial charge in [-0.05, 0) is 48.9 Å². The summed E-state index contributed by atoms with van der Waals surface area (Å²) in [6.45, 7) is 2.21. The van der Waals surface area contributed by atoms with Crippen LogP contribution in [-0.4, -0.2) is 11.0 Å². The Balaban J connectivity index is 1.61. The smallest absolute Gasteiger partial charge is 0.315 e. The van der Waals surface area contributed by atoms with Crippen LogP contribution in [0.5, 0.6) is 0 Å². The zero-order valence-corrected chi connectivity index (χ0v) is 12.5. The van der Waals surface area contributed by atoms with Gasteiger partial charge in [-0.1, -0.05) is 0 Å². The van der Waals surface area contributed by atoms with Crippen LogP contribution in [-0.2, 0) is 6.54 Å². The summed E-state index contributed by atoms with van der Waals surface area (Å²) >= 11 is 0. The Kier molecular flexibility index (Phi) is 4.23. The second-order valence-electron chi connectivity index (χ2n) is 5.24. The number of nitrogens with one attached hydrogen (secondary N) is 2. The van der Waals surface area contributed by atoms with Gasteiger partial charge in [-0.25, -0.2) is 9.18 Å². The van der Waals surface area contributed by atoms with E-state index < -0.39 is 0 Å². The molecule has 2 N–H and O–H groups in total. The van der Waals surface area contributed by atoms with E-state index in [1.54, 1.807) is 31.5 Å². The Hall–Kier alpha value is -2.89. The molecule has 0 radical (unpaired) electrons. The van der Waals surface area contributed by atoms with Crippen LogP contribution in [0.25, 0.3) is 11.0 Å². The fourth-order valence-corrected chi connectivity index (χ4v) is 2.25. The van der Waals surface area contributed by atoms with Crippen LogP contribution in [0.4, 0.5) is 9.18 Å². The van der Waals surface area contributed by atoms with Gasteiger partial charge in [0, 0.05) is 24.3 Å². The maximum Gasteiger partial charge on any atom is 0.315 e. The number of carbonyl (C=O) groups excluding carboxylic acids is 1. The summed E-state index contributed by atoms with van der Waals surface area (Å²) in [5, 5.41) is 6.22. The summed E-state index contributed by atoms with van der Waals surface area (Å²) < 4.78 is 18.8.